The smallest absolute Gasteiger partial charge is 0.318 e. The van der Waals surface area contributed by atoms with Gasteiger partial charge in [0.25, 0.3) is 5.91 Å². The van der Waals surface area contributed by atoms with E-state index in [1.54, 1.807) is 24.3 Å². The van der Waals surface area contributed by atoms with Gasteiger partial charge in [0.2, 0.25) is 0 Å². The number of esters is 1. The molecular weight excluding hydrogens is 364 g/mol. The molecule has 3 aromatic rings. The molecule has 144 valence electrons. The molecule has 0 saturated carbocycles. The van der Waals surface area contributed by atoms with E-state index in [0.29, 0.717) is 11.3 Å². The van der Waals surface area contributed by atoms with Crippen LogP contribution in [0.25, 0.3) is 0 Å². The van der Waals surface area contributed by atoms with Gasteiger partial charge >= 0.3 is 5.97 Å². The Morgan fingerprint density at radius 3 is 1.86 bits per heavy atom. The van der Waals surface area contributed by atoms with Crippen LogP contribution in [0.5, 0.6) is 0 Å². The van der Waals surface area contributed by atoms with Gasteiger partial charge in [0, 0.05) is 5.69 Å². The molecule has 0 aliphatic carbocycles. The number of benzene rings is 3. The van der Waals surface area contributed by atoms with Crippen LogP contribution in [0.4, 0.5) is 5.69 Å². The Bertz CT molecular complexity index is 970. The van der Waals surface area contributed by atoms with Crippen molar-refractivity contribution in [1.29, 1.82) is 5.26 Å². The molecule has 0 aliphatic rings. The van der Waals surface area contributed by atoms with Crippen molar-refractivity contribution in [3.05, 3.63) is 102 Å². The number of ether oxygens (including phenoxy) is 1. The lowest BCUT2D eigenvalue weighted by molar-refractivity contribution is -0.153. The normalized spacial score (nSPS) is 11.3. The molecule has 0 heterocycles. The molecule has 29 heavy (non-hydrogen) atoms. The summed E-state index contributed by atoms with van der Waals surface area (Å²) in [7, 11) is 0. The van der Waals surface area contributed by atoms with E-state index >= 15 is 0 Å². The SMILES string of the molecule is CC(OC(=O)C(c1ccccc1)c1ccccc1)C(=O)Nc1ccc(C#N)cc1. The summed E-state index contributed by atoms with van der Waals surface area (Å²) in [5.41, 5.74) is 2.61. The average molecular weight is 384 g/mol. The summed E-state index contributed by atoms with van der Waals surface area (Å²) in [4.78, 5) is 25.4. The van der Waals surface area contributed by atoms with Gasteiger partial charge in [-0.3, -0.25) is 9.59 Å². The first-order chi connectivity index (χ1) is 14.1. The zero-order valence-electron chi connectivity index (χ0n) is 15.9. The van der Waals surface area contributed by atoms with Crippen LogP contribution in [0, 0.1) is 11.3 Å². The lowest BCUT2D eigenvalue weighted by Gasteiger charge is -2.20. The predicted octanol–water partition coefficient (Wildman–Crippen LogP) is 4.26. The van der Waals surface area contributed by atoms with E-state index in [4.69, 9.17) is 10.00 Å². The number of nitrogens with zero attached hydrogens (tertiary/aromatic N) is 1. The third-order valence-corrected chi connectivity index (χ3v) is 4.45. The molecule has 1 unspecified atom stereocenters. The van der Waals surface area contributed by atoms with E-state index in [-0.39, 0.29) is 0 Å². The molecule has 3 rings (SSSR count). The van der Waals surface area contributed by atoms with Crippen molar-refractivity contribution in [2.75, 3.05) is 5.32 Å². The molecule has 5 heteroatoms. The number of carbonyl (C=O) groups is 2. The number of carbonyl (C=O) groups excluding carboxylic acids is 2. The van der Waals surface area contributed by atoms with Gasteiger partial charge in [0.05, 0.1) is 11.6 Å². The van der Waals surface area contributed by atoms with Gasteiger partial charge in [-0.15, -0.1) is 0 Å². The predicted molar refractivity (Wildman–Crippen MR) is 110 cm³/mol. The average Bonchev–Trinajstić information content (AvgIpc) is 2.76. The topological polar surface area (TPSA) is 79.2 Å². The second kappa shape index (κ2) is 9.34. The van der Waals surface area contributed by atoms with E-state index < -0.39 is 23.9 Å². The van der Waals surface area contributed by atoms with Crippen LogP contribution in [0.1, 0.15) is 29.5 Å². The molecule has 3 aromatic carbocycles. The number of nitrogens with one attached hydrogen (secondary N) is 1. The fourth-order valence-corrected chi connectivity index (χ4v) is 2.92. The van der Waals surface area contributed by atoms with Crippen LogP contribution in [0.15, 0.2) is 84.9 Å². The number of hydrogen-bond acceptors (Lipinski definition) is 4. The van der Waals surface area contributed by atoms with Gasteiger partial charge < -0.3 is 10.1 Å². The number of rotatable bonds is 6. The number of nitriles is 1. The maximum atomic E-state index is 13.0. The highest BCUT2D eigenvalue weighted by molar-refractivity contribution is 5.95. The summed E-state index contributed by atoms with van der Waals surface area (Å²) in [6.45, 7) is 1.53. The summed E-state index contributed by atoms with van der Waals surface area (Å²) in [5, 5.41) is 11.5. The molecule has 1 N–H and O–H groups in total. The largest absolute Gasteiger partial charge is 0.452 e. The quantitative estimate of drug-likeness (QED) is 0.644. The Labute approximate surface area is 169 Å². The highest BCUT2D eigenvalue weighted by Crippen LogP contribution is 2.26. The minimum absolute atomic E-state index is 0.442. The standard InChI is InChI=1S/C24H20N2O3/c1-17(23(27)26-21-14-12-18(16-25)13-15-21)29-24(28)22(19-8-4-2-5-9-19)20-10-6-3-7-11-20/h2-15,17,22H,1H3,(H,26,27). The first-order valence-electron chi connectivity index (χ1n) is 9.20. The number of amides is 1. The van der Waals surface area contributed by atoms with Crippen molar-refractivity contribution in [1.82, 2.24) is 0 Å². The van der Waals surface area contributed by atoms with Crippen molar-refractivity contribution in [2.45, 2.75) is 18.9 Å². The molecular formula is C24H20N2O3. The molecule has 0 saturated heterocycles. The van der Waals surface area contributed by atoms with Crippen LogP contribution in [0.2, 0.25) is 0 Å². The Morgan fingerprint density at radius 1 is 0.862 bits per heavy atom. The van der Waals surface area contributed by atoms with E-state index in [9.17, 15) is 9.59 Å². The Balaban J connectivity index is 1.73. The molecule has 1 atom stereocenters. The Hall–Kier alpha value is -3.91. The van der Waals surface area contributed by atoms with Crippen LogP contribution >= 0.6 is 0 Å². The number of hydrogen-bond donors (Lipinski definition) is 1. The summed E-state index contributed by atoms with van der Waals surface area (Å²) >= 11 is 0. The van der Waals surface area contributed by atoms with Crippen LogP contribution < -0.4 is 5.32 Å². The lowest BCUT2D eigenvalue weighted by atomic mass is 9.91. The van der Waals surface area contributed by atoms with E-state index in [1.807, 2.05) is 66.7 Å². The van der Waals surface area contributed by atoms with Gasteiger partial charge in [-0.2, -0.15) is 5.26 Å². The summed E-state index contributed by atoms with van der Waals surface area (Å²) in [5.74, 6) is -1.56. The van der Waals surface area contributed by atoms with E-state index in [0.717, 1.165) is 11.1 Å². The first-order valence-corrected chi connectivity index (χ1v) is 9.20. The van der Waals surface area contributed by atoms with Gasteiger partial charge in [-0.25, -0.2) is 0 Å². The van der Waals surface area contributed by atoms with Crippen molar-refractivity contribution in [2.24, 2.45) is 0 Å². The molecule has 0 fully saturated rings. The molecule has 0 aromatic heterocycles. The second-order valence-corrected chi connectivity index (χ2v) is 6.51. The highest BCUT2D eigenvalue weighted by Gasteiger charge is 2.27. The molecule has 0 bridgehead atoms. The zero-order chi connectivity index (χ0) is 20.6. The lowest BCUT2D eigenvalue weighted by Crippen LogP contribution is -2.32. The summed E-state index contributed by atoms with van der Waals surface area (Å²) in [6.07, 6.45) is -0.979. The van der Waals surface area contributed by atoms with Crippen LogP contribution in [-0.4, -0.2) is 18.0 Å². The second-order valence-electron chi connectivity index (χ2n) is 6.51. The Morgan fingerprint density at radius 2 is 1.38 bits per heavy atom. The van der Waals surface area contributed by atoms with Crippen LogP contribution in [-0.2, 0) is 14.3 Å². The fraction of sp³-hybridized carbons (Fsp3) is 0.125. The maximum Gasteiger partial charge on any atom is 0.318 e. The van der Waals surface area contributed by atoms with Gasteiger partial charge in [-0.05, 0) is 42.3 Å². The molecule has 1 amide bonds. The zero-order valence-corrected chi connectivity index (χ0v) is 15.9. The molecule has 0 spiro atoms. The first kappa shape index (κ1) is 19.8. The van der Waals surface area contributed by atoms with Crippen molar-refractivity contribution in [3.8, 4) is 6.07 Å². The van der Waals surface area contributed by atoms with Crippen molar-refractivity contribution >= 4 is 17.6 Å². The Kier molecular flexibility index (Phi) is 6.39. The highest BCUT2D eigenvalue weighted by atomic mass is 16.5. The van der Waals surface area contributed by atoms with Crippen molar-refractivity contribution in [3.63, 3.8) is 0 Å². The number of anilines is 1. The van der Waals surface area contributed by atoms with Crippen molar-refractivity contribution < 1.29 is 14.3 Å². The molecule has 0 radical (unpaired) electrons. The third-order valence-electron chi connectivity index (χ3n) is 4.45. The van der Waals surface area contributed by atoms with E-state index in [1.165, 1.54) is 6.92 Å². The minimum atomic E-state index is -0.979. The molecule has 5 nitrogen and oxygen atoms in total. The van der Waals surface area contributed by atoms with Gasteiger partial charge in [-0.1, -0.05) is 60.7 Å². The fourth-order valence-electron chi connectivity index (χ4n) is 2.92. The maximum absolute atomic E-state index is 13.0. The third kappa shape index (κ3) is 5.08. The summed E-state index contributed by atoms with van der Waals surface area (Å²) in [6, 6.07) is 27.1. The molecule has 0 aliphatic heterocycles. The van der Waals surface area contributed by atoms with E-state index in [2.05, 4.69) is 5.32 Å². The monoisotopic (exact) mass is 384 g/mol. The minimum Gasteiger partial charge on any atom is -0.452 e. The van der Waals surface area contributed by atoms with Gasteiger partial charge in [0.15, 0.2) is 6.10 Å². The summed E-state index contributed by atoms with van der Waals surface area (Å²) < 4.78 is 5.50. The van der Waals surface area contributed by atoms with Crippen LogP contribution in [0.3, 0.4) is 0 Å². The van der Waals surface area contributed by atoms with Gasteiger partial charge in [0.1, 0.15) is 5.92 Å².